The van der Waals surface area contributed by atoms with Crippen molar-refractivity contribution in [1.29, 1.82) is 0 Å². The van der Waals surface area contributed by atoms with Crippen molar-refractivity contribution in [3.63, 3.8) is 0 Å². The van der Waals surface area contributed by atoms with E-state index >= 15 is 0 Å². The predicted molar refractivity (Wildman–Crippen MR) is 71.4 cm³/mol. The van der Waals surface area contributed by atoms with E-state index in [-0.39, 0.29) is 0 Å². The summed E-state index contributed by atoms with van der Waals surface area (Å²) in [6.45, 7) is 5.36. The SMILES string of the molecule is CC(=Cc1cc(Br)c(C)s1)CNC1CC1. The maximum atomic E-state index is 3.54. The van der Waals surface area contributed by atoms with Crippen molar-refractivity contribution in [2.75, 3.05) is 6.54 Å². The van der Waals surface area contributed by atoms with Crippen LogP contribution in [0.4, 0.5) is 0 Å². The van der Waals surface area contributed by atoms with Crippen molar-refractivity contribution in [2.24, 2.45) is 0 Å². The van der Waals surface area contributed by atoms with E-state index in [1.54, 1.807) is 0 Å². The zero-order chi connectivity index (χ0) is 10.8. The quantitative estimate of drug-likeness (QED) is 0.883. The maximum Gasteiger partial charge on any atom is 0.0317 e. The molecule has 1 nitrogen and oxygen atoms in total. The average Bonchev–Trinajstić information content (AvgIpc) is 2.93. The number of aryl methyl sites for hydroxylation is 1. The van der Waals surface area contributed by atoms with Gasteiger partial charge < -0.3 is 5.32 Å². The summed E-state index contributed by atoms with van der Waals surface area (Å²) < 4.78 is 1.22. The Kier molecular flexibility index (Phi) is 3.65. The second-order valence-electron chi connectivity index (χ2n) is 4.20. The highest BCUT2D eigenvalue weighted by molar-refractivity contribution is 9.10. The van der Waals surface area contributed by atoms with Gasteiger partial charge in [-0.15, -0.1) is 11.3 Å². The first-order valence-electron chi connectivity index (χ1n) is 5.31. The van der Waals surface area contributed by atoms with Crippen molar-refractivity contribution in [1.82, 2.24) is 5.32 Å². The van der Waals surface area contributed by atoms with Crippen molar-refractivity contribution >= 4 is 33.3 Å². The summed E-state index contributed by atoms with van der Waals surface area (Å²) in [6, 6.07) is 2.99. The smallest absolute Gasteiger partial charge is 0.0317 e. The maximum absolute atomic E-state index is 3.54. The molecule has 82 valence electrons. The molecule has 0 radical (unpaired) electrons. The Morgan fingerprint density at radius 2 is 2.40 bits per heavy atom. The lowest BCUT2D eigenvalue weighted by molar-refractivity contribution is 0.736. The Morgan fingerprint density at radius 1 is 1.67 bits per heavy atom. The molecule has 1 aliphatic rings. The van der Waals surface area contributed by atoms with Crippen LogP contribution in [0.1, 0.15) is 29.5 Å². The van der Waals surface area contributed by atoms with Gasteiger partial charge in [0.2, 0.25) is 0 Å². The molecular formula is C12H16BrNS. The lowest BCUT2D eigenvalue weighted by Crippen LogP contribution is -2.18. The number of rotatable bonds is 4. The third-order valence-electron chi connectivity index (χ3n) is 2.51. The third-order valence-corrected chi connectivity index (χ3v) is 4.60. The molecule has 0 aliphatic heterocycles. The van der Waals surface area contributed by atoms with Gasteiger partial charge in [-0.1, -0.05) is 5.57 Å². The van der Waals surface area contributed by atoms with Crippen LogP contribution in [-0.2, 0) is 0 Å². The fourth-order valence-electron chi connectivity index (χ4n) is 1.44. The van der Waals surface area contributed by atoms with Crippen LogP contribution in [0.2, 0.25) is 0 Å². The van der Waals surface area contributed by atoms with Crippen LogP contribution >= 0.6 is 27.3 Å². The lowest BCUT2D eigenvalue weighted by Gasteiger charge is -2.01. The average molecular weight is 286 g/mol. The Hall–Kier alpha value is -0.120. The fraction of sp³-hybridized carbons (Fsp3) is 0.500. The first-order chi connectivity index (χ1) is 7.15. The summed E-state index contributed by atoms with van der Waals surface area (Å²) >= 11 is 5.39. The Labute approximate surface area is 104 Å². The molecule has 1 aliphatic carbocycles. The second-order valence-corrected chi connectivity index (χ2v) is 6.34. The normalized spacial score (nSPS) is 17.1. The van der Waals surface area contributed by atoms with Crippen molar-refractivity contribution in [3.8, 4) is 0 Å². The van der Waals surface area contributed by atoms with Gasteiger partial charge in [0.25, 0.3) is 0 Å². The first kappa shape index (κ1) is 11.4. The van der Waals surface area contributed by atoms with E-state index in [1.807, 2.05) is 11.3 Å². The van der Waals surface area contributed by atoms with Gasteiger partial charge >= 0.3 is 0 Å². The molecule has 1 heterocycles. The van der Waals surface area contributed by atoms with Gasteiger partial charge in [-0.3, -0.25) is 0 Å². The number of hydrogen-bond acceptors (Lipinski definition) is 2. The highest BCUT2D eigenvalue weighted by Crippen LogP contribution is 2.28. The molecule has 0 spiro atoms. The molecule has 0 bridgehead atoms. The molecule has 0 saturated heterocycles. The van der Waals surface area contributed by atoms with E-state index in [1.165, 1.54) is 32.6 Å². The summed E-state index contributed by atoms with van der Waals surface area (Å²) in [7, 11) is 0. The van der Waals surface area contributed by atoms with Crippen LogP contribution in [0.25, 0.3) is 6.08 Å². The summed E-state index contributed by atoms with van der Waals surface area (Å²) in [5, 5.41) is 3.52. The number of nitrogens with one attached hydrogen (secondary N) is 1. The molecule has 0 aromatic carbocycles. The Balaban J connectivity index is 1.94. The molecule has 15 heavy (non-hydrogen) atoms. The molecule has 3 heteroatoms. The lowest BCUT2D eigenvalue weighted by atomic mass is 10.2. The molecule has 1 aromatic heterocycles. The van der Waals surface area contributed by atoms with Gasteiger partial charge in [0.15, 0.2) is 0 Å². The van der Waals surface area contributed by atoms with E-state index in [4.69, 9.17) is 0 Å². The molecule has 1 aromatic rings. The highest BCUT2D eigenvalue weighted by atomic mass is 79.9. The molecular weight excluding hydrogens is 270 g/mol. The number of thiophene rings is 1. The van der Waals surface area contributed by atoms with E-state index in [9.17, 15) is 0 Å². The van der Waals surface area contributed by atoms with Crippen LogP contribution in [0.5, 0.6) is 0 Å². The van der Waals surface area contributed by atoms with Crippen LogP contribution in [0, 0.1) is 6.92 Å². The molecule has 0 amide bonds. The molecule has 2 rings (SSSR count). The Morgan fingerprint density at radius 3 is 2.93 bits per heavy atom. The summed E-state index contributed by atoms with van der Waals surface area (Å²) in [4.78, 5) is 2.69. The van der Waals surface area contributed by atoms with Crippen LogP contribution in [0.15, 0.2) is 16.1 Å². The number of halogens is 1. The van der Waals surface area contributed by atoms with E-state index in [2.05, 4.69) is 47.2 Å². The summed E-state index contributed by atoms with van der Waals surface area (Å²) in [6.07, 6.45) is 4.99. The minimum Gasteiger partial charge on any atom is -0.310 e. The third kappa shape index (κ3) is 3.44. The molecule has 1 saturated carbocycles. The van der Waals surface area contributed by atoms with E-state index in [0.29, 0.717) is 0 Å². The standard InChI is InChI=1S/C12H16BrNS/c1-8(7-14-10-3-4-10)5-11-6-12(13)9(2)15-11/h5-6,10,14H,3-4,7H2,1-2H3. The molecule has 0 atom stereocenters. The largest absolute Gasteiger partial charge is 0.310 e. The molecule has 1 fully saturated rings. The predicted octanol–water partition coefficient (Wildman–Crippen LogP) is 3.97. The van der Waals surface area contributed by atoms with Gasteiger partial charge in [0, 0.05) is 26.8 Å². The van der Waals surface area contributed by atoms with Gasteiger partial charge in [-0.25, -0.2) is 0 Å². The summed E-state index contributed by atoms with van der Waals surface area (Å²) in [5.41, 5.74) is 1.41. The minimum atomic E-state index is 0.796. The molecule has 1 N–H and O–H groups in total. The van der Waals surface area contributed by atoms with Crippen LogP contribution in [-0.4, -0.2) is 12.6 Å². The van der Waals surface area contributed by atoms with Gasteiger partial charge in [-0.05, 0) is 54.8 Å². The Bertz CT molecular complexity index is 357. The first-order valence-corrected chi connectivity index (χ1v) is 6.92. The fourth-order valence-corrected chi connectivity index (χ4v) is 3.03. The molecule has 0 unspecified atom stereocenters. The van der Waals surface area contributed by atoms with Gasteiger partial charge in [-0.2, -0.15) is 0 Å². The van der Waals surface area contributed by atoms with Gasteiger partial charge in [0.05, 0.1) is 0 Å². The zero-order valence-electron chi connectivity index (χ0n) is 9.14. The number of hydrogen-bond donors (Lipinski definition) is 1. The minimum absolute atomic E-state index is 0.796. The van der Waals surface area contributed by atoms with Crippen molar-refractivity contribution in [3.05, 3.63) is 25.9 Å². The van der Waals surface area contributed by atoms with Crippen LogP contribution < -0.4 is 5.32 Å². The summed E-state index contributed by atoms with van der Waals surface area (Å²) in [5.74, 6) is 0. The van der Waals surface area contributed by atoms with Gasteiger partial charge in [0.1, 0.15) is 0 Å². The topological polar surface area (TPSA) is 12.0 Å². The second kappa shape index (κ2) is 4.81. The van der Waals surface area contributed by atoms with E-state index in [0.717, 1.165) is 12.6 Å². The van der Waals surface area contributed by atoms with Crippen molar-refractivity contribution in [2.45, 2.75) is 32.7 Å². The van der Waals surface area contributed by atoms with Crippen molar-refractivity contribution < 1.29 is 0 Å². The zero-order valence-corrected chi connectivity index (χ0v) is 11.5. The van der Waals surface area contributed by atoms with Crippen LogP contribution in [0.3, 0.4) is 0 Å². The van der Waals surface area contributed by atoms with E-state index < -0.39 is 0 Å². The monoisotopic (exact) mass is 285 g/mol. The highest BCUT2D eigenvalue weighted by Gasteiger charge is 2.19.